The highest BCUT2D eigenvalue weighted by Gasteiger charge is 2.30. The van der Waals surface area contributed by atoms with Crippen molar-refractivity contribution in [1.82, 2.24) is 19.8 Å². The topological polar surface area (TPSA) is 76.5 Å². The first-order valence-corrected chi connectivity index (χ1v) is 8.83. The number of piperazine rings is 1. The molecule has 1 fully saturated rings. The van der Waals surface area contributed by atoms with E-state index in [0.717, 1.165) is 12.4 Å². The van der Waals surface area contributed by atoms with Crippen molar-refractivity contribution in [3.63, 3.8) is 0 Å². The van der Waals surface area contributed by atoms with Gasteiger partial charge >= 0.3 is 0 Å². The third kappa shape index (κ3) is 4.87. The van der Waals surface area contributed by atoms with Gasteiger partial charge in [0.2, 0.25) is 0 Å². The Morgan fingerprint density at radius 3 is 2.67 bits per heavy atom. The number of nitrogens with zero attached hydrogens (tertiary/aromatic N) is 3. The molecular weight excluding hydrogens is 368 g/mol. The van der Waals surface area contributed by atoms with Gasteiger partial charge in [-0.3, -0.25) is 9.59 Å². The van der Waals surface area contributed by atoms with Crippen LogP contribution in [-0.2, 0) is 11.8 Å². The summed E-state index contributed by atoms with van der Waals surface area (Å²) < 4.78 is 7.57. The average molecular weight is 393 g/mol. The van der Waals surface area contributed by atoms with Gasteiger partial charge in [-0.25, -0.2) is 4.98 Å². The Hall–Kier alpha value is -2.38. The molecule has 2 aromatic rings. The Labute approximate surface area is 165 Å². The van der Waals surface area contributed by atoms with Crippen LogP contribution in [0.15, 0.2) is 36.7 Å². The lowest BCUT2D eigenvalue weighted by atomic mass is 10.1. The van der Waals surface area contributed by atoms with Crippen LogP contribution in [0.2, 0.25) is 0 Å². The largest absolute Gasteiger partial charge is 0.484 e. The SMILES string of the molecule is CCC(=O)c1ccc(OCC(=O)N2CCNCC2c2nccn2C)cc1.Cl. The van der Waals surface area contributed by atoms with Crippen LogP contribution < -0.4 is 10.1 Å². The average Bonchev–Trinajstić information content (AvgIpc) is 3.11. The summed E-state index contributed by atoms with van der Waals surface area (Å²) in [7, 11) is 1.93. The van der Waals surface area contributed by atoms with Gasteiger partial charge in [0, 0.05) is 51.1 Å². The summed E-state index contributed by atoms with van der Waals surface area (Å²) in [6.07, 6.45) is 4.08. The molecule has 7 nitrogen and oxygen atoms in total. The Kier molecular flexibility index (Phi) is 7.38. The van der Waals surface area contributed by atoms with Crippen molar-refractivity contribution in [2.75, 3.05) is 26.2 Å². The molecule has 146 valence electrons. The zero-order valence-corrected chi connectivity index (χ0v) is 16.4. The second kappa shape index (κ2) is 9.53. The molecular formula is C19H25ClN4O3. The zero-order chi connectivity index (χ0) is 18.5. The van der Waals surface area contributed by atoms with E-state index in [4.69, 9.17) is 4.74 Å². The fourth-order valence-electron chi connectivity index (χ4n) is 3.10. The lowest BCUT2D eigenvalue weighted by Crippen LogP contribution is -2.50. The van der Waals surface area contributed by atoms with Gasteiger partial charge in [-0.1, -0.05) is 6.92 Å². The number of ether oxygens (including phenoxy) is 1. The van der Waals surface area contributed by atoms with Crippen molar-refractivity contribution < 1.29 is 14.3 Å². The van der Waals surface area contributed by atoms with Gasteiger partial charge in [-0.05, 0) is 24.3 Å². The Morgan fingerprint density at radius 2 is 2.04 bits per heavy atom. The molecule has 3 rings (SSSR count). The van der Waals surface area contributed by atoms with E-state index in [1.807, 2.05) is 29.6 Å². The quantitative estimate of drug-likeness (QED) is 0.761. The summed E-state index contributed by atoms with van der Waals surface area (Å²) in [6, 6.07) is 6.80. The summed E-state index contributed by atoms with van der Waals surface area (Å²) in [6.45, 7) is 3.83. The van der Waals surface area contributed by atoms with Gasteiger partial charge in [0.25, 0.3) is 5.91 Å². The van der Waals surface area contributed by atoms with Gasteiger partial charge in [0.1, 0.15) is 17.6 Å². The first-order valence-electron chi connectivity index (χ1n) is 8.83. The van der Waals surface area contributed by atoms with Gasteiger partial charge in [-0.15, -0.1) is 12.4 Å². The maximum Gasteiger partial charge on any atom is 0.261 e. The van der Waals surface area contributed by atoms with Crippen molar-refractivity contribution in [2.45, 2.75) is 19.4 Å². The van der Waals surface area contributed by atoms with E-state index >= 15 is 0 Å². The second-order valence-corrected chi connectivity index (χ2v) is 6.29. The van der Waals surface area contributed by atoms with E-state index < -0.39 is 0 Å². The van der Waals surface area contributed by atoms with Crippen molar-refractivity contribution in [1.29, 1.82) is 0 Å². The molecule has 1 saturated heterocycles. The number of ketones is 1. The number of benzene rings is 1. The molecule has 1 N–H and O–H groups in total. The fraction of sp³-hybridized carbons (Fsp3) is 0.421. The van der Waals surface area contributed by atoms with E-state index in [1.54, 1.807) is 30.5 Å². The van der Waals surface area contributed by atoms with Crippen molar-refractivity contribution in [3.05, 3.63) is 48.0 Å². The molecule has 1 aliphatic rings. The Morgan fingerprint density at radius 1 is 1.30 bits per heavy atom. The molecule has 0 bridgehead atoms. The maximum absolute atomic E-state index is 12.7. The number of amides is 1. The van der Waals surface area contributed by atoms with Gasteiger partial charge < -0.3 is 19.5 Å². The minimum absolute atomic E-state index is 0. The van der Waals surface area contributed by atoms with E-state index in [9.17, 15) is 9.59 Å². The minimum Gasteiger partial charge on any atom is -0.484 e. The molecule has 1 atom stereocenters. The van der Waals surface area contributed by atoms with Gasteiger partial charge in [0.15, 0.2) is 12.4 Å². The third-order valence-corrected chi connectivity index (χ3v) is 4.58. The van der Waals surface area contributed by atoms with E-state index in [-0.39, 0.29) is 36.7 Å². The zero-order valence-electron chi connectivity index (χ0n) is 15.6. The third-order valence-electron chi connectivity index (χ3n) is 4.58. The van der Waals surface area contributed by atoms with Crippen molar-refractivity contribution in [3.8, 4) is 5.75 Å². The molecule has 8 heteroatoms. The highest BCUT2D eigenvalue weighted by atomic mass is 35.5. The number of carbonyl (C=O) groups excluding carboxylic acids is 2. The maximum atomic E-state index is 12.7. The monoisotopic (exact) mass is 392 g/mol. The van der Waals surface area contributed by atoms with Crippen LogP contribution in [0.3, 0.4) is 0 Å². The molecule has 1 aromatic carbocycles. The first-order chi connectivity index (χ1) is 12.6. The lowest BCUT2D eigenvalue weighted by Gasteiger charge is -2.35. The molecule has 1 unspecified atom stereocenters. The van der Waals surface area contributed by atoms with Crippen LogP contribution in [-0.4, -0.2) is 52.4 Å². The van der Waals surface area contributed by atoms with Crippen LogP contribution in [0.25, 0.3) is 0 Å². The summed E-state index contributed by atoms with van der Waals surface area (Å²) >= 11 is 0. The van der Waals surface area contributed by atoms with Crippen LogP contribution in [0.4, 0.5) is 0 Å². The van der Waals surface area contributed by atoms with Crippen LogP contribution in [0, 0.1) is 0 Å². The van der Waals surface area contributed by atoms with Crippen LogP contribution in [0.1, 0.15) is 35.6 Å². The number of nitrogens with one attached hydrogen (secondary N) is 1. The number of halogens is 1. The van der Waals surface area contributed by atoms with E-state index in [2.05, 4.69) is 10.3 Å². The number of carbonyl (C=O) groups is 2. The molecule has 0 spiro atoms. The normalized spacial score (nSPS) is 16.5. The number of aryl methyl sites for hydroxylation is 1. The number of hydrogen-bond acceptors (Lipinski definition) is 5. The Balaban J connectivity index is 0.00000261. The van der Waals surface area contributed by atoms with Gasteiger partial charge in [0.05, 0.1) is 0 Å². The van der Waals surface area contributed by atoms with Crippen LogP contribution in [0.5, 0.6) is 5.75 Å². The molecule has 0 radical (unpaired) electrons. The molecule has 1 aromatic heterocycles. The predicted molar refractivity (Wildman–Crippen MR) is 104 cm³/mol. The summed E-state index contributed by atoms with van der Waals surface area (Å²) in [4.78, 5) is 30.5. The number of aromatic nitrogens is 2. The second-order valence-electron chi connectivity index (χ2n) is 6.29. The van der Waals surface area contributed by atoms with Gasteiger partial charge in [-0.2, -0.15) is 0 Å². The fourth-order valence-corrected chi connectivity index (χ4v) is 3.10. The molecule has 0 aliphatic carbocycles. The molecule has 0 saturated carbocycles. The number of hydrogen-bond donors (Lipinski definition) is 1. The van der Waals surface area contributed by atoms with Crippen molar-refractivity contribution >= 4 is 24.1 Å². The number of Topliss-reactive ketones (excluding diaryl/α,β-unsaturated/α-hetero) is 1. The molecule has 27 heavy (non-hydrogen) atoms. The highest BCUT2D eigenvalue weighted by Crippen LogP contribution is 2.21. The van der Waals surface area contributed by atoms with Crippen LogP contribution >= 0.6 is 12.4 Å². The predicted octanol–water partition coefficient (Wildman–Crippen LogP) is 1.99. The van der Waals surface area contributed by atoms with Crippen molar-refractivity contribution in [2.24, 2.45) is 7.05 Å². The lowest BCUT2D eigenvalue weighted by molar-refractivity contribution is -0.137. The number of imidazole rings is 1. The standard InChI is InChI=1S/C19H24N4O3.ClH/c1-3-17(24)14-4-6-15(7-5-14)26-13-18(25)23-11-8-20-12-16(23)19-21-9-10-22(19)2;/h4-7,9-10,16,20H,3,8,11-13H2,1-2H3;1H. The summed E-state index contributed by atoms with van der Waals surface area (Å²) in [5.74, 6) is 1.45. The smallest absolute Gasteiger partial charge is 0.261 e. The number of rotatable bonds is 6. The summed E-state index contributed by atoms with van der Waals surface area (Å²) in [5.41, 5.74) is 0.656. The first kappa shape index (κ1) is 20.9. The molecule has 1 aliphatic heterocycles. The summed E-state index contributed by atoms with van der Waals surface area (Å²) in [5, 5.41) is 3.31. The highest BCUT2D eigenvalue weighted by molar-refractivity contribution is 5.95. The van der Waals surface area contributed by atoms with E-state index in [1.165, 1.54) is 0 Å². The molecule has 1 amide bonds. The van der Waals surface area contributed by atoms with E-state index in [0.29, 0.717) is 30.8 Å². The Bertz CT molecular complexity index is 776. The molecule has 2 heterocycles. The minimum atomic E-state index is -0.107.